The van der Waals surface area contributed by atoms with Gasteiger partial charge in [0.1, 0.15) is 0 Å². The van der Waals surface area contributed by atoms with Gasteiger partial charge in [-0.1, -0.05) is 35.9 Å². The van der Waals surface area contributed by atoms with Crippen molar-refractivity contribution >= 4 is 35.2 Å². The molecule has 4 nitrogen and oxygen atoms in total. The summed E-state index contributed by atoms with van der Waals surface area (Å²) < 4.78 is 39.4. The number of likely N-dealkylation sites (tertiary alicyclic amines) is 1. The SMILES string of the molecule is O=C(CSc1ccccc1Cl)N[C@H](CN1CCCC1=O)c1cccc(C(F)(F)F)c1. The lowest BCUT2D eigenvalue weighted by Gasteiger charge is -2.26. The summed E-state index contributed by atoms with van der Waals surface area (Å²) in [6.07, 6.45) is -3.38. The van der Waals surface area contributed by atoms with Crippen molar-refractivity contribution in [3.63, 3.8) is 0 Å². The highest BCUT2D eigenvalue weighted by molar-refractivity contribution is 8.00. The van der Waals surface area contributed by atoms with Crippen molar-refractivity contribution in [1.82, 2.24) is 10.2 Å². The highest BCUT2D eigenvalue weighted by atomic mass is 35.5. The van der Waals surface area contributed by atoms with Crippen LogP contribution in [0.15, 0.2) is 53.4 Å². The highest BCUT2D eigenvalue weighted by Gasteiger charge is 2.32. The van der Waals surface area contributed by atoms with E-state index in [4.69, 9.17) is 11.6 Å². The minimum absolute atomic E-state index is 0.0488. The van der Waals surface area contributed by atoms with E-state index in [2.05, 4.69) is 5.32 Å². The molecule has 30 heavy (non-hydrogen) atoms. The van der Waals surface area contributed by atoms with Crippen LogP contribution in [0.4, 0.5) is 13.2 Å². The number of benzene rings is 2. The molecule has 0 radical (unpaired) electrons. The van der Waals surface area contributed by atoms with E-state index in [1.165, 1.54) is 23.9 Å². The predicted octanol–water partition coefficient (Wildman–Crippen LogP) is 4.93. The van der Waals surface area contributed by atoms with Crippen LogP contribution >= 0.6 is 23.4 Å². The summed E-state index contributed by atoms with van der Waals surface area (Å²) in [5.41, 5.74) is -0.488. The summed E-state index contributed by atoms with van der Waals surface area (Å²) in [6, 6.07) is 11.2. The van der Waals surface area contributed by atoms with Crippen LogP contribution in [0.3, 0.4) is 0 Å². The molecule has 3 rings (SSSR count). The van der Waals surface area contributed by atoms with Crippen molar-refractivity contribution in [2.75, 3.05) is 18.8 Å². The Kier molecular flexibility index (Phi) is 7.31. The Balaban J connectivity index is 1.75. The Labute approximate surface area is 181 Å². The Morgan fingerprint density at radius 3 is 2.63 bits per heavy atom. The maximum Gasteiger partial charge on any atom is 0.416 e. The molecule has 0 aliphatic carbocycles. The normalized spacial score (nSPS) is 15.3. The zero-order chi connectivity index (χ0) is 21.7. The third kappa shape index (κ3) is 5.92. The van der Waals surface area contributed by atoms with Gasteiger partial charge in [-0.05, 0) is 36.2 Å². The Morgan fingerprint density at radius 2 is 1.97 bits per heavy atom. The van der Waals surface area contributed by atoms with Crippen LogP contribution in [0.5, 0.6) is 0 Å². The Bertz CT molecular complexity index is 923. The van der Waals surface area contributed by atoms with E-state index < -0.39 is 17.8 Å². The first kappa shape index (κ1) is 22.5. The summed E-state index contributed by atoms with van der Waals surface area (Å²) in [7, 11) is 0. The summed E-state index contributed by atoms with van der Waals surface area (Å²) >= 11 is 7.33. The molecule has 0 spiro atoms. The van der Waals surface area contributed by atoms with E-state index in [0.29, 0.717) is 30.0 Å². The number of nitrogens with one attached hydrogen (secondary N) is 1. The van der Waals surface area contributed by atoms with E-state index in [9.17, 15) is 22.8 Å². The maximum atomic E-state index is 13.1. The number of carbonyl (C=O) groups is 2. The number of hydrogen-bond acceptors (Lipinski definition) is 3. The standard InChI is InChI=1S/C21H20ClF3N2O2S/c22-16-7-1-2-8-18(16)30-13-19(28)26-17(12-27-10-4-9-20(27)29)14-5-3-6-15(11-14)21(23,24)25/h1-3,5-8,11,17H,4,9-10,12-13H2,(H,26,28)/t17-/m1/s1. The van der Waals surface area contributed by atoms with Gasteiger partial charge >= 0.3 is 6.18 Å². The van der Waals surface area contributed by atoms with Gasteiger partial charge in [-0.15, -0.1) is 11.8 Å². The molecule has 1 aliphatic heterocycles. The quantitative estimate of drug-likeness (QED) is 0.601. The van der Waals surface area contributed by atoms with Crippen LogP contribution in [-0.4, -0.2) is 35.6 Å². The van der Waals surface area contributed by atoms with Crippen LogP contribution in [0, 0.1) is 0 Å². The minimum Gasteiger partial charge on any atom is -0.347 e. The second kappa shape index (κ2) is 9.75. The van der Waals surface area contributed by atoms with Crippen LogP contribution in [-0.2, 0) is 15.8 Å². The number of rotatable bonds is 7. The fraction of sp³-hybridized carbons (Fsp3) is 0.333. The molecule has 0 unspecified atom stereocenters. The number of alkyl halides is 3. The molecule has 1 N–H and O–H groups in total. The minimum atomic E-state index is -4.49. The van der Waals surface area contributed by atoms with Gasteiger partial charge < -0.3 is 10.2 Å². The van der Waals surface area contributed by atoms with E-state index in [-0.39, 0.29) is 24.1 Å². The number of amides is 2. The molecule has 9 heteroatoms. The number of halogens is 4. The van der Waals surface area contributed by atoms with Crippen LogP contribution in [0.25, 0.3) is 0 Å². The number of thioether (sulfide) groups is 1. The number of nitrogens with zero attached hydrogens (tertiary/aromatic N) is 1. The lowest BCUT2D eigenvalue weighted by molar-refractivity contribution is -0.137. The third-order valence-electron chi connectivity index (χ3n) is 4.72. The second-order valence-corrected chi connectivity index (χ2v) is 8.33. The molecule has 1 aliphatic rings. The highest BCUT2D eigenvalue weighted by Crippen LogP contribution is 2.31. The van der Waals surface area contributed by atoms with Crippen LogP contribution in [0.1, 0.15) is 30.0 Å². The maximum absolute atomic E-state index is 13.1. The molecule has 0 bridgehead atoms. The molecule has 2 amide bonds. The summed E-state index contributed by atoms with van der Waals surface area (Å²) in [5.74, 6) is -0.367. The molecular formula is C21H20ClF3N2O2S. The molecular weight excluding hydrogens is 437 g/mol. The molecule has 160 valence electrons. The van der Waals surface area contributed by atoms with Gasteiger partial charge in [-0.3, -0.25) is 9.59 Å². The van der Waals surface area contributed by atoms with Gasteiger partial charge in [0.05, 0.1) is 22.4 Å². The van der Waals surface area contributed by atoms with Gasteiger partial charge in [0.25, 0.3) is 0 Å². The molecule has 2 aromatic carbocycles. The Hall–Kier alpha value is -2.19. The molecule has 1 heterocycles. The molecule has 0 aromatic heterocycles. The summed E-state index contributed by atoms with van der Waals surface area (Å²) in [4.78, 5) is 26.9. The van der Waals surface area contributed by atoms with Crippen molar-refractivity contribution in [3.05, 3.63) is 64.7 Å². The topological polar surface area (TPSA) is 49.4 Å². The van der Waals surface area contributed by atoms with E-state index >= 15 is 0 Å². The van der Waals surface area contributed by atoms with Crippen molar-refractivity contribution in [2.45, 2.75) is 30.0 Å². The van der Waals surface area contributed by atoms with Crippen molar-refractivity contribution in [1.29, 1.82) is 0 Å². The zero-order valence-corrected chi connectivity index (χ0v) is 17.5. The lowest BCUT2D eigenvalue weighted by Crippen LogP contribution is -2.39. The first-order chi connectivity index (χ1) is 14.2. The Morgan fingerprint density at radius 1 is 1.20 bits per heavy atom. The average molecular weight is 457 g/mol. The average Bonchev–Trinajstić information content (AvgIpc) is 3.11. The fourth-order valence-electron chi connectivity index (χ4n) is 3.22. The van der Waals surface area contributed by atoms with Crippen LogP contribution in [0.2, 0.25) is 5.02 Å². The lowest BCUT2D eigenvalue weighted by atomic mass is 10.0. The second-order valence-electron chi connectivity index (χ2n) is 6.91. The van der Waals surface area contributed by atoms with Crippen molar-refractivity contribution < 1.29 is 22.8 Å². The smallest absolute Gasteiger partial charge is 0.347 e. The first-order valence-corrected chi connectivity index (χ1v) is 10.7. The molecule has 0 saturated carbocycles. The molecule has 1 fully saturated rings. The van der Waals surface area contributed by atoms with Crippen molar-refractivity contribution in [3.8, 4) is 0 Å². The van der Waals surface area contributed by atoms with Gasteiger partial charge in [-0.25, -0.2) is 0 Å². The monoisotopic (exact) mass is 456 g/mol. The number of hydrogen-bond donors (Lipinski definition) is 1. The van der Waals surface area contributed by atoms with Gasteiger partial charge in [0.2, 0.25) is 11.8 Å². The van der Waals surface area contributed by atoms with Gasteiger partial charge in [0, 0.05) is 24.4 Å². The molecule has 1 saturated heterocycles. The predicted molar refractivity (Wildman–Crippen MR) is 110 cm³/mol. The third-order valence-corrected chi connectivity index (χ3v) is 6.24. The van der Waals surface area contributed by atoms with E-state index in [1.807, 2.05) is 0 Å². The van der Waals surface area contributed by atoms with E-state index in [1.54, 1.807) is 29.2 Å². The summed E-state index contributed by atoms with van der Waals surface area (Å²) in [6.45, 7) is 0.654. The fourth-order valence-corrected chi connectivity index (χ4v) is 4.27. The van der Waals surface area contributed by atoms with Crippen molar-refractivity contribution in [2.24, 2.45) is 0 Å². The van der Waals surface area contributed by atoms with Crippen LogP contribution < -0.4 is 5.32 Å². The van der Waals surface area contributed by atoms with Gasteiger partial charge in [-0.2, -0.15) is 13.2 Å². The van der Waals surface area contributed by atoms with E-state index in [0.717, 1.165) is 17.0 Å². The molecule has 1 atom stereocenters. The first-order valence-electron chi connectivity index (χ1n) is 9.35. The molecule has 2 aromatic rings. The summed E-state index contributed by atoms with van der Waals surface area (Å²) in [5, 5.41) is 3.31. The van der Waals surface area contributed by atoms with Gasteiger partial charge in [0.15, 0.2) is 0 Å². The zero-order valence-electron chi connectivity index (χ0n) is 15.9. The largest absolute Gasteiger partial charge is 0.416 e. The number of carbonyl (C=O) groups excluding carboxylic acids is 2.